The van der Waals surface area contributed by atoms with E-state index in [9.17, 15) is 4.79 Å². The molecule has 18 heavy (non-hydrogen) atoms. The Kier molecular flexibility index (Phi) is 4.47. The molecule has 1 amide bonds. The molecule has 0 N–H and O–H groups in total. The molecule has 4 nitrogen and oxygen atoms in total. The first-order chi connectivity index (χ1) is 8.79. The van der Waals surface area contributed by atoms with Crippen LogP contribution in [-0.2, 0) is 11.3 Å². The highest BCUT2D eigenvalue weighted by atomic mass is 16.2. The van der Waals surface area contributed by atoms with Gasteiger partial charge in [-0.1, -0.05) is 12.1 Å². The van der Waals surface area contributed by atoms with Crippen molar-refractivity contribution in [3.8, 4) is 0 Å². The Morgan fingerprint density at radius 3 is 2.78 bits per heavy atom. The lowest BCUT2D eigenvalue weighted by Crippen LogP contribution is -2.47. The van der Waals surface area contributed by atoms with E-state index in [0.717, 1.165) is 32.7 Å². The normalized spacial score (nSPS) is 17.3. The van der Waals surface area contributed by atoms with E-state index in [1.165, 1.54) is 5.56 Å². The summed E-state index contributed by atoms with van der Waals surface area (Å²) in [6, 6.07) is 4.05. The monoisotopic (exact) mass is 245 g/mol. The van der Waals surface area contributed by atoms with Gasteiger partial charge in [-0.3, -0.25) is 14.7 Å². The van der Waals surface area contributed by atoms with Crippen LogP contribution in [0.3, 0.4) is 0 Å². The Hall–Kier alpha value is -1.68. The molecule has 2 rings (SSSR count). The molecule has 0 atom stereocenters. The van der Waals surface area contributed by atoms with Gasteiger partial charge in [0.2, 0.25) is 5.91 Å². The summed E-state index contributed by atoms with van der Waals surface area (Å²) in [6.45, 7) is 6.26. The van der Waals surface area contributed by atoms with E-state index < -0.39 is 0 Å². The number of hydrogen-bond donors (Lipinski definition) is 0. The van der Waals surface area contributed by atoms with Gasteiger partial charge in [0.25, 0.3) is 0 Å². The highest BCUT2D eigenvalue weighted by Gasteiger charge is 2.19. The highest BCUT2D eigenvalue weighted by molar-refractivity contribution is 5.87. The number of piperazine rings is 1. The van der Waals surface area contributed by atoms with Crippen molar-refractivity contribution in [3.05, 3.63) is 42.2 Å². The molecular formula is C14H19N3O. The quantitative estimate of drug-likeness (QED) is 0.753. The molecule has 0 unspecified atom stereocenters. The molecule has 96 valence electrons. The third-order valence-electron chi connectivity index (χ3n) is 3.12. The third kappa shape index (κ3) is 3.40. The molecule has 0 aliphatic carbocycles. The fraction of sp³-hybridized carbons (Fsp3) is 0.429. The minimum absolute atomic E-state index is 0.124. The average molecular weight is 245 g/mol. The van der Waals surface area contributed by atoms with E-state index in [1.54, 1.807) is 18.3 Å². The van der Waals surface area contributed by atoms with Crippen molar-refractivity contribution in [2.45, 2.75) is 13.5 Å². The summed E-state index contributed by atoms with van der Waals surface area (Å²) in [6.07, 6.45) is 7.12. The van der Waals surface area contributed by atoms with Crippen molar-refractivity contribution >= 4 is 5.91 Å². The lowest BCUT2D eigenvalue weighted by Gasteiger charge is -2.34. The zero-order chi connectivity index (χ0) is 12.8. The minimum Gasteiger partial charge on any atom is -0.337 e. The van der Waals surface area contributed by atoms with E-state index >= 15 is 0 Å². The molecular weight excluding hydrogens is 226 g/mol. The first-order valence-corrected chi connectivity index (χ1v) is 6.32. The number of carbonyl (C=O) groups excluding carboxylic acids is 1. The van der Waals surface area contributed by atoms with Gasteiger partial charge in [0.1, 0.15) is 0 Å². The molecule has 2 heterocycles. The van der Waals surface area contributed by atoms with Crippen molar-refractivity contribution in [1.29, 1.82) is 0 Å². The first-order valence-electron chi connectivity index (χ1n) is 6.32. The molecule has 0 spiro atoms. The summed E-state index contributed by atoms with van der Waals surface area (Å²) in [4.78, 5) is 20.1. The van der Waals surface area contributed by atoms with Crippen LogP contribution in [0.2, 0.25) is 0 Å². The molecule has 4 heteroatoms. The number of rotatable bonds is 3. The van der Waals surface area contributed by atoms with Gasteiger partial charge < -0.3 is 4.90 Å². The van der Waals surface area contributed by atoms with Crippen LogP contribution in [0.5, 0.6) is 0 Å². The van der Waals surface area contributed by atoms with Crippen LogP contribution in [0.25, 0.3) is 0 Å². The second-order valence-electron chi connectivity index (χ2n) is 4.46. The maximum absolute atomic E-state index is 11.7. The predicted octanol–water partition coefficient (Wildman–Crippen LogP) is 1.30. The zero-order valence-corrected chi connectivity index (χ0v) is 10.7. The second kappa shape index (κ2) is 6.31. The molecule has 0 saturated carbocycles. The molecule has 0 radical (unpaired) electrons. The van der Waals surface area contributed by atoms with Crippen molar-refractivity contribution in [2.75, 3.05) is 26.2 Å². The fourth-order valence-electron chi connectivity index (χ4n) is 2.12. The van der Waals surface area contributed by atoms with Gasteiger partial charge >= 0.3 is 0 Å². The Morgan fingerprint density at radius 2 is 2.17 bits per heavy atom. The summed E-state index contributed by atoms with van der Waals surface area (Å²) in [7, 11) is 0. The lowest BCUT2D eigenvalue weighted by atomic mass is 10.2. The van der Waals surface area contributed by atoms with Crippen LogP contribution in [0.15, 0.2) is 36.7 Å². The van der Waals surface area contributed by atoms with Gasteiger partial charge in [0, 0.05) is 45.1 Å². The standard InChI is InChI=1S/C14H19N3O/c1-2-4-14(18)17-9-7-16(8-10-17)12-13-5-3-6-15-11-13/h2-6,11H,7-10,12H2,1H3. The maximum atomic E-state index is 11.7. The number of nitrogens with zero attached hydrogens (tertiary/aromatic N) is 3. The van der Waals surface area contributed by atoms with Gasteiger partial charge in [-0.05, 0) is 24.6 Å². The summed E-state index contributed by atoms with van der Waals surface area (Å²) >= 11 is 0. The molecule has 0 bridgehead atoms. The van der Waals surface area contributed by atoms with Crippen LogP contribution in [0, 0.1) is 0 Å². The molecule has 1 fully saturated rings. The molecule has 1 aromatic heterocycles. The number of aromatic nitrogens is 1. The van der Waals surface area contributed by atoms with Crippen LogP contribution < -0.4 is 0 Å². The average Bonchev–Trinajstić information content (AvgIpc) is 2.41. The Labute approximate surface area is 108 Å². The molecule has 1 aliphatic heterocycles. The zero-order valence-electron chi connectivity index (χ0n) is 10.7. The molecule has 1 aromatic rings. The summed E-state index contributed by atoms with van der Waals surface area (Å²) in [5, 5.41) is 0. The van der Waals surface area contributed by atoms with Crippen molar-refractivity contribution in [1.82, 2.24) is 14.8 Å². The molecule has 1 saturated heterocycles. The Balaban J connectivity index is 1.82. The minimum atomic E-state index is 0.124. The van der Waals surface area contributed by atoms with Crippen molar-refractivity contribution in [2.24, 2.45) is 0 Å². The summed E-state index contributed by atoms with van der Waals surface area (Å²) in [5.41, 5.74) is 1.23. The van der Waals surface area contributed by atoms with Gasteiger partial charge in [-0.2, -0.15) is 0 Å². The van der Waals surface area contributed by atoms with Crippen LogP contribution in [-0.4, -0.2) is 46.9 Å². The van der Waals surface area contributed by atoms with Gasteiger partial charge in [0.15, 0.2) is 0 Å². The van der Waals surface area contributed by atoms with E-state index in [-0.39, 0.29) is 5.91 Å². The van der Waals surface area contributed by atoms with Gasteiger partial charge in [-0.15, -0.1) is 0 Å². The number of allylic oxidation sites excluding steroid dienone is 1. The maximum Gasteiger partial charge on any atom is 0.246 e. The van der Waals surface area contributed by atoms with E-state index in [1.807, 2.05) is 24.1 Å². The van der Waals surface area contributed by atoms with E-state index in [0.29, 0.717) is 0 Å². The molecule has 0 aromatic carbocycles. The predicted molar refractivity (Wildman–Crippen MR) is 70.9 cm³/mol. The fourth-order valence-corrected chi connectivity index (χ4v) is 2.12. The smallest absolute Gasteiger partial charge is 0.246 e. The number of carbonyl (C=O) groups is 1. The van der Waals surface area contributed by atoms with E-state index in [2.05, 4.69) is 16.0 Å². The van der Waals surface area contributed by atoms with E-state index in [4.69, 9.17) is 0 Å². The molecule has 1 aliphatic rings. The van der Waals surface area contributed by atoms with Crippen LogP contribution >= 0.6 is 0 Å². The topological polar surface area (TPSA) is 36.4 Å². The van der Waals surface area contributed by atoms with Crippen molar-refractivity contribution in [3.63, 3.8) is 0 Å². The number of hydrogen-bond acceptors (Lipinski definition) is 3. The van der Waals surface area contributed by atoms with Crippen molar-refractivity contribution < 1.29 is 4.79 Å². The SMILES string of the molecule is CC=CC(=O)N1CCN(Cc2cccnc2)CC1. The summed E-state index contributed by atoms with van der Waals surface area (Å²) < 4.78 is 0. The summed E-state index contributed by atoms with van der Waals surface area (Å²) in [5.74, 6) is 0.124. The first kappa shape index (κ1) is 12.8. The lowest BCUT2D eigenvalue weighted by molar-refractivity contribution is -0.127. The highest BCUT2D eigenvalue weighted by Crippen LogP contribution is 2.07. The Morgan fingerprint density at radius 1 is 1.39 bits per heavy atom. The van der Waals surface area contributed by atoms with Gasteiger partial charge in [0.05, 0.1) is 0 Å². The number of pyridine rings is 1. The van der Waals surface area contributed by atoms with Gasteiger partial charge in [-0.25, -0.2) is 0 Å². The van der Waals surface area contributed by atoms with Crippen LogP contribution in [0.4, 0.5) is 0 Å². The van der Waals surface area contributed by atoms with Crippen LogP contribution in [0.1, 0.15) is 12.5 Å². The Bertz CT molecular complexity index is 408. The number of amides is 1. The second-order valence-corrected chi connectivity index (χ2v) is 4.46. The third-order valence-corrected chi connectivity index (χ3v) is 3.12. The largest absolute Gasteiger partial charge is 0.337 e.